The smallest absolute Gasteiger partial charge is 0.181 e. The lowest BCUT2D eigenvalue weighted by Crippen LogP contribution is -2.34. The first-order chi connectivity index (χ1) is 7.60. The topological polar surface area (TPSA) is 72.5 Å². The second kappa shape index (κ2) is 5.63. The summed E-state index contributed by atoms with van der Waals surface area (Å²) >= 11 is 0. The standard InChI is InChI=1S/C12H17NO3/c1-3-16-11-5-4-9(6-8(11)2)12(15)10(13)7-14/h4-6,10,14H,3,7,13H2,1-2H3. The molecule has 0 radical (unpaired) electrons. The highest BCUT2D eigenvalue weighted by Crippen LogP contribution is 2.19. The number of aryl methyl sites for hydroxylation is 1. The van der Waals surface area contributed by atoms with Gasteiger partial charge < -0.3 is 15.6 Å². The number of ether oxygens (including phenoxy) is 1. The van der Waals surface area contributed by atoms with Crippen molar-refractivity contribution in [2.75, 3.05) is 13.2 Å². The van der Waals surface area contributed by atoms with Gasteiger partial charge in [-0.1, -0.05) is 0 Å². The minimum atomic E-state index is -0.850. The zero-order valence-corrected chi connectivity index (χ0v) is 9.56. The summed E-state index contributed by atoms with van der Waals surface area (Å²) in [6, 6.07) is 4.28. The van der Waals surface area contributed by atoms with Gasteiger partial charge in [-0.25, -0.2) is 0 Å². The second-order valence-electron chi connectivity index (χ2n) is 3.57. The maximum Gasteiger partial charge on any atom is 0.181 e. The predicted molar refractivity (Wildman–Crippen MR) is 61.7 cm³/mol. The Kier molecular flexibility index (Phi) is 4.46. The summed E-state index contributed by atoms with van der Waals surface area (Å²) in [5.74, 6) is 0.505. The Bertz CT molecular complexity index is 377. The van der Waals surface area contributed by atoms with Gasteiger partial charge in [0.25, 0.3) is 0 Å². The van der Waals surface area contributed by atoms with Crippen LogP contribution in [-0.4, -0.2) is 30.1 Å². The van der Waals surface area contributed by atoms with Crippen molar-refractivity contribution in [2.24, 2.45) is 5.73 Å². The van der Waals surface area contributed by atoms with E-state index in [1.54, 1.807) is 18.2 Å². The molecule has 3 N–H and O–H groups in total. The number of nitrogens with two attached hydrogens (primary N) is 1. The summed E-state index contributed by atoms with van der Waals surface area (Å²) in [6.07, 6.45) is 0. The van der Waals surface area contributed by atoms with Crippen LogP contribution in [0.2, 0.25) is 0 Å². The molecule has 0 heterocycles. The molecule has 1 unspecified atom stereocenters. The van der Waals surface area contributed by atoms with Crippen molar-refractivity contribution in [3.8, 4) is 5.75 Å². The number of carbonyl (C=O) groups excluding carboxylic acids is 1. The highest BCUT2D eigenvalue weighted by atomic mass is 16.5. The predicted octanol–water partition coefficient (Wildman–Crippen LogP) is 0.896. The molecule has 0 aromatic heterocycles. The number of aliphatic hydroxyl groups excluding tert-OH is 1. The van der Waals surface area contributed by atoms with Gasteiger partial charge in [-0.2, -0.15) is 0 Å². The number of hydrogen-bond acceptors (Lipinski definition) is 4. The fourth-order valence-corrected chi connectivity index (χ4v) is 1.42. The maximum absolute atomic E-state index is 11.7. The van der Waals surface area contributed by atoms with Gasteiger partial charge in [0.05, 0.1) is 19.3 Å². The molecule has 1 aromatic rings. The maximum atomic E-state index is 11.7. The van der Waals surface area contributed by atoms with Crippen molar-refractivity contribution >= 4 is 5.78 Å². The number of aliphatic hydroxyl groups is 1. The summed E-state index contributed by atoms with van der Waals surface area (Å²) in [6.45, 7) is 4.02. The fourth-order valence-electron chi connectivity index (χ4n) is 1.42. The van der Waals surface area contributed by atoms with Crippen LogP contribution in [0.15, 0.2) is 18.2 Å². The first-order valence-electron chi connectivity index (χ1n) is 5.24. The van der Waals surface area contributed by atoms with Gasteiger partial charge >= 0.3 is 0 Å². The quantitative estimate of drug-likeness (QED) is 0.727. The molecule has 0 bridgehead atoms. The molecule has 0 spiro atoms. The van der Waals surface area contributed by atoms with Gasteiger partial charge in [0.2, 0.25) is 0 Å². The Morgan fingerprint density at radius 2 is 2.25 bits per heavy atom. The molecule has 16 heavy (non-hydrogen) atoms. The molecule has 0 saturated heterocycles. The Morgan fingerprint density at radius 1 is 1.56 bits per heavy atom. The third kappa shape index (κ3) is 2.81. The third-order valence-corrected chi connectivity index (χ3v) is 2.29. The normalized spacial score (nSPS) is 12.2. The molecule has 0 saturated carbocycles. The highest BCUT2D eigenvalue weighted by Gasteiger charge is 2.15. The number of ketones is 1. The van der Waals surface area contributed by atoms with E-state index in [4.69, 9.17) is 15.6 Å². The Morgan fingerprint density at radius 3 is 2.75 bits per heavy atom. The molecule has 0 amide bonds. The van der Waals surface area contributed by atoms with Gasteiger partial charge in [-0.05, 0) is 37.6 Å². The monoisotopic (exact) mass is 223 g/mol. The van der Waals surface area contributed by atoms with Crippen molar-refractivity contribution in [3.63, 3.8) is 0 Å². The number of carbonyl (C=O) groups is 1. The van der Waals surface area contributed by atoms with Gasteiger partial charge in [-0.3, -0.25) is 4.79 Å². The van der Waals surface area contributed by atoms with Crippen molar-refractivity contribution in [2.45, 2.75) is 19.9 Å². The van der Waals surface area contributed by atoms with E-state index in [1.165, 1.54) is 0 Å². The third-order valence-electron chi connectivity index (χ3n) is 2.29. The van der Waals surface area contributed by atoms with E-state index < -0.39 is 6.04 Å². The van der Waals surface area contributed by atoms with Crippen LogP contribution in [0, 0.1) is 6.92 Å². The minimum Gasteiger partial charge on any atom is -0.494 e. The summed E-state index contributed by atoms with van der Waals surface area (Å²) in [5, 5.41) is 8.80. The SMILES string of the molecule is CCOc1ccc(C(=O)C(N)CO)cc1C. The van der Waals surface area contributed by atoms with Crippen molar-refractivity contribution in [3.05, 3.63) is 29.3 Å². The van der Waals surface area contributed by atoms with Gasteiger partial charge in [-0.15, -0.1) is 0 Å². The van der Waals surface area contributed by atoms with Crippen molar-refractivity contribution < 1.29 is 14.6 Å². The zero-order chi connectivity index (χ0) is 12.1. The van der Waals surface area contributed by atoms with Crippen LogP contribution in [-0.2, 0) is 0 Å². The molecule has 4 nitrogen and oxygen atoms in total. The lowest BCUT2D eigenvalue weighted by atomic mass is 10.0. The minimum absolute atomic E-state index is 0.256. The van der Waals surface area contributed by atoms with Crippen LogP contribution in [0.3, 0.4) is 0 Å². The van der Waals surface area contributed by atoms with E-state index in [1.807, 2.05) is 13.8 Å². The van der Waals surface area contributed by atoms with E-state index in [-0.39, 0.29) is 12.4 Å². The molecule has 0 aliphatic heterocycles. The first kappa shape index (κ1) is 12.7. The fraction of sp³-hybridized carbons (Fsp3) is 0.417. The van der Waals surface area contributed by atoms with Crippen LogP contribution >= 0.6 is 0 Å². The van der Waals surface area contributed by atoms with E-state index >= 15 is 0 Å². The van der Waals surface area contributed by atoms with E-state index in [2.05, 4.69) is 0 Å². The number of rotatable bonds is 5. The van der Waals surface area contributed by atoms with Crippen LogP contribution in [0.5, 0.6) is 5.75 Å². The lowest BCUT2D eigenvalue weighted by molar-refractivity contribution is 0.0925. The van der Waals surface area contributed by atoms with Crippen molar-refractivity contribution in [1.29, 1.82) is 0 Å². The Labute approximate surface area is 95.0 Å². The number of Topliss-reactive ketones (excluding diaryl/α,β-unsaturated/α-hetero) is 1. The molecule has 1 atom stereocenters. The largest absolute Gasteiger partial charge is 0.494 e. The Hall–Kier alpha value is -1.39. The average Bonchev–Trinajstić information content (AvgIpc) is 2.30. The van der Waals surface area contributed by atoms with Gasteiger partial charge in [0, 0.05) is 5.56 Å². The van der Waals surface area contributed by atoms with E-state index in [0.717, 1.165) is 11.3 Å². The highest BCUT2D eigenvalue weighted by molar-refractivity contribution is 6.00. The molecule has 88 valence electrons. The van der Waals surface area contributed by atoms with Gasteiger partial charge in [0.15, 0.2) is 5.78 Å². The molecular weight excluding hydrogens is 206 g/mol. The van der Waals surface area contributed by atoms with Gasteiger partial charge in [0.1, 0.15) is 5.75 Å². The molecule has 4 heteroatoms. The average molecular weight is 223 g/mol. The number of benzene rings is 1. The van der Waals surface area contributed by atoms with Crippen LogP contribution in [0.25, 0.3) is 0 Å². The molecule has 0 fully saturated rings. The van der Waals surface area contributed by atoms with Crippen LogP contribution in [0.1, 0.15) is 22.8 Å². The zero-order valence-electron chi connectivity index (χ0n) is 9.56. The molecule has 0 aliphatic carbocycles. The van der Waals surface area contributed by atoms with E-state index in [0.29, 0.717) is 12.2 Å². The Balaban J connectivity index is 2.92. The van der Waals surface area contributed by atoms with E-state index in [9.17, 15) is 4.79 Å². The molecule has 1 rings (SSSR count). The summed E-state index contributed by atoms with van der Waals surface area (Å²) in [7, 11) is 0. The molecular formula is C12H17NO3. The summed E-state index contributed by atoms with van der Waals surface area (Å²) in [5.41, 5.74) is 6.85. The summed E-state index contributed by atoms with van der Waals surface area (Å²) < 4.78 is 5.37. The lowest BCUT2D eigenvalue weighted by Gasteiger charge is -2.10. The first-order valence-corrected chi connectivity index (χ1v) is 5.24. The molecule has 1 aromatic carbocycles. The second-order valence-corrected chi connectivity index (χ2v) is 3.57. The number of hydrogen-bond donors (Lipinski definition) is 2. The van der Waals surface area contributed by atoms with Crippen LogP contribution in [0.4, 0.5) is 0 Å². The van der Waals surface area contributed by atoms with Crippen LogP contribution < -0.4 is 10.5 Å². The summed E-state index contributed by atoms with van der Waals surface area (Å²) in [4.78, 5) is 11.7. The van der Waals surface area contributed by atoms with Crippen molar-refractivity contribution in [1.82, 2.24) is 0 Å². The molecule has 0 aliphatic rings.